The highest BCUT2D eigenvalue weighted by molar-refractivity contribution is 7.99. The van der Waals surface area contributed by atoms with Crippen LogP contribution in [0.15, 0.2) is 23.4 Å². The van der Waals surface area contributed by atoms with E-state index in [1.165, 1.54) is 10.5 Å². The average Bonchev–Trinajstić information content (AvgIpc) is 2.27. The van der Waals surface area contributed by atoms with Crippen LogP contribution in [0.4, 0.5) is 0 Å². The van der Waals surface area contributed by atoms with Crippen LogP contribution in [-0.4, -0.2) is 10.7 Å². The molecule has 0 fully saturated rings. The summed E-state index contributed by atoms with van der Waals surface area (Å²) in [5.41, 5.74) is 1.19. The van der Waals surface area contributed by atoms with Gasteiger partial charge in [0, 0.05) is 23.7 Å². The molecular weight excluding hydrogens is 204 g/mol. The van der Waals surface area contributed by atoms with Crippen LogP contribution in [0.3, 0.4) is 0 Å². The first-order chi connectivity index (χ1) is 7.31. The van der Waals surface area contributed by atoms with Crippen molar-refractivity contribution in [2.75, 3.05) is 5.75 Å². The molecule has 1 aromatic rings. The zero-order chi connectivity index (χ0) is 11.1. The number of aromatic nitrogens is 1. The van der Waals surface area contributed by atoms with Crippen LogP contribution in [-0.2, 0) is 0 Å². The van der Waals surface area contributed by atoms with Crippen molar-refractivity contribution in [3.63, 3.8) is 0 Å². The Balaban J connectivity index is 2.83. The van der Waals surface area contributed by atoms with Gasteiger partial charge in [-0.15, -0.1) is 11.8 Å². The zero-order valence-electron chi connectivity index (χ0n) is 9.23. The highest BCUT2D eigenvalue weighted by Crippen LogP contribution is 2.26. The molecule has 0 aliphatic rings. The summed E-state index contributed by atoms with van der Waals surface area (Å²) in [6, 6.07) is 4.39. The molecule has 0 saturated carbocycles. The van der Waals surface area contributed by atoms with E-state index in [0.717, 1.165) is 12.2 Å². The second kappa shape index (κ2) is 6.47. The molecule has 15 heavy (non-hydrogen) atoms. The summed E-state index contributed by atoms with van der Waals surface area (Å²) in [6.07, 6.45) is 5.34. The molecule has 2 nitrogen and oxygen atoms in total. The summed E-state index contributed by atoms with van der Waals surface area (Å²) < 4.78 is 0. The van der Waals surface area contributed by atoms with E-state index in [-0.39, 0.29) is 0 Å². The third kappa shape index (κ3) is 3.56. The summed E-state index contributed by atoms with van der Waals surface area (Å²) in [5, 5.41) is 8.73. The normalized spacial score (nSPS) is 12.1. The van der Waals surface area contributed by atoms with Crippen molar-refractivity contribution in [1.82, 2.24) is 4.98 Å². The number of nitrogens with zero attached hydrogens (tertiary/aromatic N) is 2. The van der Waals surface area contributed by atoms with Crippen LogP contribution in [0.1, 0.15) is 38.2 Å². The van der Waals surface area contributed by atoms with Crippen molar-refractivity contribution in [2.24, 2.45) is 0 Å². The Labute approximate surface area is 95.7 Å². The molecule has 0 aliphatic carbocycles. The summed E-state index contributed by atoms with van der Waals surface area (Å²) in [4.78, 5) is 5.42. The lowest BCUT2D eigenvalue weighted by Crippen LogP contribution is -1.97. The SMILES string of the molecule is CCSc1cncc(C(CC)CC#N)c1. The van der Waals surface area contributed by atoms with Crippen LogP contribution in [0.25, 0.3) is 0 Å². The molecule has 3 heteroatoms. The molecule has 0 bridgehead atoms. The molecule has 0 aliphatic heterocycles. The van der Waals surface area contributed by atoms with Crippen molar-refractivity contribution in [2.45, 2.75) is 37.5 Å². The molecule has 0 spiro atoms. The summed E-state index contributed by atoms with van der Waals surface area (Å²) in [7, 11) is 0. The third-order valence-corrected chi connectivity index (χ3v) is 3.19. The lowest BCUT2D eigenvalue weighted by molar-refractivity contribution is 0.675. The Hall–Kier alpha value is -1.01. The van der Waals surface area contributed by atoms with Crippen LogP contribution in [0.5, 0.6) is 0 Å². The lowest BCUT2D eigenvalue weighted by atomic mass is 9.95. The Kier molecular flexibility index (Phi) is 5.20. The van der Waals surface area contributed by atoms with Gasteiger partial charge in [-0.1, -0.05) is 13.8 Å². The van der Waals surface area contributed by atoms with Gasteiger partial charge in [-0.2, -0.15) is 5.26 Å². The smallest absolute Gasteiger partial charge is 0.0628 e. The largest absolute Gasteiger partial charge is 0.263 e. The van der Waals surface area contributed by atoms with Gasteiger partial charge in [-0.05, 0) is 29.7 Å². The van der Waals surface area contributed by atoms with Crippen LogP contribution in [0, 0.1) is 11.3 Å². The summed E-state index contributed by atoms with van der Waals surface area (Å²) in [6.45, 7) is 4.24. The third-order valence-electron chi connectivity index (χ3n) is 2.35. The topological polar surface area (TPSA) is 36.7 Å². The van der Waals surface area contributed by atoms with Gasteiger partial charge in [0.15, 0.2) is 0 Å². The van der Waals surface area contributed by atoms with Crippen LogP contribution < -0.4 is 0 Å². The second-order valence-corrected chi connectivity index (χ2v) is 4.69. The van der Waals surface area contributed by atoms with Crippen molar-refractivity contribution in [1.29, 1.82) is 5.26 Å². The molecule has 1 rings (SSSR count). The maximum atomic E-state index is 8.73. The predicted octanol–water partition coefficient (Wildman–Crippen LogP) is 3.60. The fourth-order valence-electron chi connectivity index (χ4n) is 1.51. The number of thioether (sulfide) groups is 1. The van der Waals surface area contributed by atoms with E-state index < -0.39 is 0 Å². The van der Waals surface area contributed by atoms with Gasteiger partial charge >= 0.3 is 0 Å². The molecule has 0 amide bonds. The van der Waals surface area contributed by atoms with Crippen LogP contribution >= 0.6 is 11.8 Å². The van der Waals surface area contributed by atoms with Crippen LogP contribution in [0.2, 0.25) is 0 Å². The standard InChI is InChI=1S/C12H16N2S/c1-3-10(5-6-13)11-7-12(15-4-2)9-14-8-11/h7-10H,3-5H2,1-2H3. The van der Waals surface area contributed by atoms with E-state index in [2.05, 4.69) is 31.0 Å². The van der Waals surface area contributed by atoms with E-state index in [4.69, 9.17) is 5.26 Å². The van der Waals surface area contributed by atoms with Crippen molar-refractivity contribution in [3.05, 3.63) is 24.0 Å². The predicted molar refractivity (Wildman–Crippen MR) is 63.9 cm³/mol. The van der Waals surface area contributed by atoms with E-state index >= 15 is 0 Å². The van der Waals surface area contributed by atoms with E-state index in [1.807, 2.05) is 12.4 Å². The number of hydrogen-bond donors (Lipinski definition) is 0. The summed E-state index contributed by atoms with van der Waals surface area (Å²) >= 11 is 1.79. The molecule has 1 atom stereocenters. The molecule has 0 N–H and O–H groups in total. The zero-order valence-corrected chi connectivity index (χ0v) is 10.0. The Bertz CT molecular complexity index is 344. The molecule has 1 aromatic heterocycles. The number of hydrogen-bond acceptors (Lipinski definition) is 3. The van der Waals surface area contributed by atoms with Gasteiger partial charge in [0.25, 0.3) is 0 Å². The molecule has 0 aromatic carbocycles. The minimum atomic E-state index is 0.333. The first kappa shape index (κ1) is 12.1. The number of rotatable bonds is 5. The van der Waals surface area contributed by atoms with E-state index in [9.17, 15) is 0 Å². The van der Waals surface area contributed by atoms with E-state index in [0.29, 0.717) is 12.3 Å². The van der Waals surface area contributed by atoms with E-state index in [1.54, 1.807) is 11.8 Å². The Morgan fingerprint density at radius 2 is 2.27 bits per heavy atom. The quantitative estimate of drug-likeness (QED) is 0.711. The van der Waals surface area contributed by atoms with Crippen molar-refractivity contribution in [3.8, 4) is 6.07 Å². The molecular formula is C12H16N2S. The molecule has 1 heterocycles. The van der Waals surface area contributed by atoms with Gasteiger partial charge in [0.05, 0.1) is 6.07 Å². The highest BCUT2D eigenvalue weighted by Gasteiger charge is 2.09. The second-order valence-electron chi connectivity index (χ2n) is 3.35. The van der Waals surface area contributed by atoms with Gasteiger partial charge in [0.2, 0.25) is 0 Å². The van der Waals surface area contributed by atoms with Gasteiger partial charge in [-0.3, -0.25) is 4.98 Å². The Morgan fingerprint density at radius 1 is 1.47 bits per heavy atom. The monoisotopic (exact) mass is 220 g/mol. The number of nitriles is 1. The van der Waals surface area contributed by atoms with Gasteiger partial charge < -0.3 is 0 Å². The fraction of sp³-hybridized carbons (Fsp3) is 0.500. The first-order valence-corrected chi connectivity index (χ1v) is 6.25. The van der Waals surface area contributed by atoms with Gasteiger partial charge in [0.1, 0.15) is 0 Å². The maximum Gasteiger partial charge on any atom is 0.0628 e. The number of pyridine rings is 1. The minimum Gasteiger partial charge on any atom is -0.263 e. The van der Waals surface area contributed by atoms with Crippen molar-refractivity contribution < 1.29 is 0 Å². The van der Waals surface area contributed by atoms with Crippen molar-refractivity contribution >= 4 is 11.8 Å². The minimum absolute atomic E-state index is 0.333. The highest BCUT2D eigenvalue weighted by atomic mass is 32.2. The molecule has 80 valence electrons. The molecule has 1 unspecified atom stereocenters. The Morgan fingerprint density at radius 3 is 2.87 bits per heavy atom. The average molecular weight is 220 g/mol. The lowest BCUT2D eigenvalue weighted by Gasteiger charge is -2.11. The molecule has 0 radical (unpaired) electrons. The van der Waals surface area contributed by atoms with Gasteiger partial charge in [-0.25, -0.2) is 0 Å². The summed E-state index contributed by atoms with van der Waals surface area (Å²) in [5.74, 6) is 1.39. The fourth-order valence-corrected chi connectivity index (χ4v) is 2.20. The first-order valence-electron chi connectivity index (χ1n) is 5.26. The molecule has 0 saturated heterocycles. The maximum absolute atomic E-state index is 8.73.